The SMILES string of the molecule is CCCCCCCCOCCOCCCCCCF. The molecule has 0 aromatic rings. The molecular weight excluding hydrogens is 243 g/mol. The molecule has 0 spiro atoms. The lowest BCUT2D eigenvalue weighted by Crippen LogP contribution is -2.06. The summed E-state index contributed by atoms with van der Waals surface area (Å²) in [7, 11) is 0. The molecular formula is C16H33FO2. The molecule has 0 unspecified atom stereocenters. The predicted octanol–water partition coefficient (Wildman–Crippen LogP) is 4.91. The number of hydrogen-bond donors (Lipinski definition) is 0. The molecule has 0 aliphatic carbocycles. The number of ether oxygens (including phenoxy) is 2. The third kappa shape index (κ3) is 17.9. The first-order chi connectivity index (χ1) is 9.41. The van der Waals surface area contributed by atoms with Crippen molar-refractivity contribution < 1.29 is 13.9 Å². The summed E-state index contributed by atoms with van der Waals surface area (Å²) in [6.45, 7) is 5.11. The second kappa shape index (κ2) is 17.8. The van der Waals surface area contributed by atoms with Gasteiger partial charge in [0.25, 0.3) is 0 Å². The molecule has 0 aromatic carbocycles. The van der Waals surface area contributed by atoms with E-state index in [1.165, 1.54) is 38.5 Å². The highest BCUT2D eigenvalue weighted by Crippen LogP contribution is 2.04. The molecule has 19 heavy (non-hydrogen) atoms. The summed E-state index contributed by atoms with van der Waals surface area (Å²) in [4.78, 5) is 0. The van der Waals surface area contributed by atoms with E-state index in [9.17, 15) is 4.39 Å². The van der Waals surface area contributed by atoms with E-state index in [0.29, 0.717) is 19.6 Å². The normalized spacial score (nSPS) is 11.1. The Labute approximate surface area is 119 Å². The lowest BCUT2D eigenvalue weighted by Gasteiger charge is -2.06. The average Bonchev–Trinajstić information content (AvgIpc) is 2.43. The van der Waals surface area contributed by atoms with Crippen molar-refractivity contribution >= 4 is 0 Å². The van der Waals surface area contributed by atoms with Crippen LogP contribution in [0.2, 0.25) is 0 Å². The van der Waals surface area contributed by atoms with Crippen LogP contribution in [0.5, 0.6) is 0 Å². The van der Waals surface area contributed by atoms with Crippen LogP contribution in [-0.2, 0) is 9.47 Å². The highest BCUT2D eigenvalue weighted by molar-refractivity contribution is 4.44. The van der Waals surface area contributed by atoms with Crippen LogP contribution in [0, 0.1) is 0 Å². The lowest BCUT2D eigenvalue weighted by molar-refractivity contribution is 0.0448. The van der Waals surface area contributed by atoms with Gasteiger partial charge in [0.15, 0.2) is 0 Å². The number of hydrogen-bond acceptors (Lipinski definition) is 2. The van der Waals surface area contributed by atoms with Crippen molar-refractivity contribution in [2.45, 2.75) is 71.1 Å². The monoisotopic (exact) mass is 276 g/mol. The Bertz CT molecular complexity index is 138. The quantitative estimate of drug-likeness (QED) is 0.373. The lowest BCUT2D eigenvalue weighted by atomic mass is 10.1. The molecule has 2 nitrogen and oxygen atoms in total. The van der Waals surface area contributed by atoms with Crippen LogP contribution in [0.25, 0.3) is 0 Å². The van der Waals surface area contributed by atoms with Crippen LogP contribution < -0.4 is 0 Å². The molecule has 0 aromatic heterocycles. The second-order valence-corrected chi connectivity index (χ2v) is 5.10. The van der Waals surface area contributed by atoms with E-state index in [2.05, 4.69) is 6.92 Å². The summed E-state index contributed by atoms with van der Waals surface area (Å²) in [6.07, 6.45) is 11.6. The van der Waals surface area contributed by atoms with E-state index in [1.807, 2.05) is 0 Å². The van der Waals surface area contributed by atoms with Crippen molar-refractivity contribution in [2.24, 2.45) is 0 Å². The molecule has 3 heteroatoms. The van der Waals surface area contributed by atoms with Gasteiger partial charge < -0.3 is 9.47 Å². The van der Waals surface area contributed by atoms with E-state index >= 15 is 0 Å². The van der Waals surface area contributed by atoms with E-state index < -0.39 is 0 Å². The maximum Gasteiger partial charge on any atom is 0.0894 e. The van der Waals surface area contributed by atoms with Gasteiger partial charge in [-0.2, -0.15) is 0 Å². The Morgan fingerprint density at radius 3 is 1.58 bits per heavy atom. The topological polar surface area (TPSA) is 18.5 Å². The fourth-order valence-corrected chi connectivity index (χ4v) is 1.96. The first-order valence-electron chi connectivity index (χ1n) is 8.13. The third-order valence-corrected chi connectivity index (χ3v) is 3.19. The van der Waals surface area contributed by atoms with Crippen LogP contribution in [0.3, 0.4) is 0 Å². The van der Waals surface area contributed by atoms with Gasteiger partial charge in [0.05, 0.1) is 19.9 Å². The average molecular weight is 276 g/mol. The Hall–Kier alpha value is -0.150. The molecule has 0 atom stereocenters. The molecule has 0 saturated heterocycles. The number of unbranched alkanes of at least 4 members (excludes halogenated alkanes) is 8. The van der Waals surface area contributed by atoms with Gasteiger partial charge in [-0.15, -0.1) is 0 Å². The van der Waals surface area contributed by atoms with Crippen LogP contribution in [0.1, 0.15) is 71.1 Å². The third-order valence-electron chi connectivity index (χ3n) is 3.19. The maximum atomic E-state index is 11.8. The minimum atomic E-state index is -0.187. The molecule has 0 amide bonds. The molecule has 0 N–H and O–H groups in total. The summed E-state index contributed by atoms with van der Waals surface area (Å²) in [6, 6.07) is 0. The van der Waals surface area contributed by atoms with Crippen LogP contribution in [-0.4, -0.2) is 33.1 Å². The Balaban J connectivity index is 2.88. The minimum Gasteiger partial charge on any atom is -0.379 e. The summed E-state index contributed by atoms with van der Waals surface area (Å²) in [5, 5.41) is 0. The molecule has 0 bridgehead atoms. The molecule has 0 rings (SSSR count). The second-order valence-electron chi connectivity index (χ2n) is 5.10. The highest BCUT2D eigenvalue weighted by Gasteiger charge is 1.93. The van der Waals surface area contributed by atoms with Crippen molar-refractivity contribution in [1.82, 2.24) is 0 Å². The molecule has 0 radical (unpaired) electrons. The van der Waals surface area contributed by atoms with E-state index in [4.69, 9.17) is 9.47 Å². The van der Waals surface area contributed by atoms with E-state index in [0.717, 1.165) is 32.5 Å². The van der Waals surface area contributed by atoms with Gasteiger partial charge in [0.2, 0.25) is 0 Å². The van der Waals surface area contributed by atoms with Gasteiger partial charge in [0.1, 0.15) is 0 Å². The molecule has 0 heterocycles. The van der Waals surface area contributed by atoms with E-state index in [-0.39, 0.29) is 6.67 Å². The van der Waals surface area contributed by atoms with Crippen LogP contribution in [0.4, 0.5) is 4.39 Å². The molecule has 0 fully saturated rings. The minimum absolute atomic E-state index is 0.187. The van der Waals surface area contributed by atoms with Crippen LogP contribution in [0.15, 0.2) is 0 Å². The molecule has 116 valence electrons. The zero-order valence-corrected chi connectivity index (χ0v) is 12.8. The Kier molecular flexibility index (Phi) is 17.7. The van der Waals surface area contributed by atoms with Gasteiger partial charge in [-0.1, -0.05) is 51.9 Å². The van der Waals surface area contributed by atoms with Gasteiger partial charge in [-0.05, 0) is 19.3 Å². The summed E-state index contributed by atoms with van der Waals surface area (Å²) in [5.74, 6) is 0. The summed E-state index contributed by atoms with van der Waals surface area (Å²) < 4.78 is 22.8. The maximum absolute atomic E-state index is 11.8. The molecule has 0 aliphatic rings. The first kappa shape index (κ1) is 18.9. The zero-order chi connectivity index (χ0) is 14.0. The van der Waals surface area contributed by atoms with Crippen molar-refractivity contribution in [3.63, 3.8) is 0 Å². The molecule has 0 aliphatic heterocycles. The zero-order valence-electron chi connectivity index (χ0n) is 12.8. The van der Waals surface area contributed by atoms with Gasteiger partial charge in [0, 0.05) is 13.2 Å². The first-order valence-corrected chi connectivity index (χ1v) is 8.13. The predicted molar refractivity (Wildman–Crippen MR) is 79.5 cm³/mol. The summed E-state index contributed by atoms with van der Waals surface area (Å²) >= 11 is 0. The number of alkyl halides is 1. The number of rotatable bonds is 16. The Morgan fingerprint density at radius 1 is 0.579 bits per heavy atom. The van der Waals surface area contributed by atoms with Gasteiger partial charge in [-0.25, -0.2) is 0 Å². The highest BCUT2D eigenvalue weighted by atomic mass is 19.1. The largest absolute Gasteiger partial charge is 0.379 e. The number of halogens is 1. The van der Waals surface area contributed by atoms with Crippen molar-refractivity contribution in [3.05, 3.63) is 0 Å². The molecule has 0 saturated carbocycles. The van der Waals surface area contributed by atoms with Crippen molar-refractivity contribution in [3.8, 4) is 0 Å². The van der Waals surface area contributed by atoms with E-state index in [1.54, 1.807) is 0 Å². The van der Waals surface area contributed by atoms with Gasteiger partial charge >= 0.3 is 0 Å². The Morgan fingerprint density at radius 2 is 1.05 bits per heavy atom. The van der Waals surface area contributed by atoms with Crippen molar-refractivity contribution in [2.75, 3.05) is 33.1 Å². The fraction of sp³-hybridized carbons (Fsp3) is 1.00. The standard InChI is InChI=1S/C16H33FO2/c1-2-3-4-5-7-10-13-18-15-16-19-14-11-8-6-9-12-17/h2-16H2,1H3. The fourth-order valence-electron chi connectivity index (χ4n) is 1.96. The smallest absolute Gasteiger partial charge is 0.0894 e. The van der Waals surface area contributed by atoms with Crippen molar-refractivity contribution in [1.29, 1.82) is 0 Å². The summed E-state index contributed by atoms with van der Waals surface area (Å²) in [5.41, 5.74) is 0. The van der Waals surface area contributed by atoms with Crippen LogP contribution >= 0.6 is 0 Å². The van der Waals surface area contributed by atoms with Gasteiger partial charge in [-0.3, -0.25) is 4.39 Å².